The number of ether oxygens (including phenoxy) is 1. The normalized spacial score (nSPS) is 21.2. The van der Waals surface area contributed by atoms with E-state index in [1.165, 1.54) is 7.11 Å². The third kappa shape index (κ3) is 3.76. The predicted octanol–water partition coefficient (Wildman–Crippen LogP) is 3.26. The van der Waals surface area contributed by atoms with Gasteiger partial charge < -0.3 is 10.1 Å². The Labute approximate surface area is 111 Å². The molecule has 0 saturated heterocycles. The number of carbonyl (C=O) groups is 1. The molecule has 0 fully saturated rings. The summed E-state index contributed by atoms with van der Waals surface area (Å²) in [6.45, 7) is 10.9. The Balaban J connectivity index is 2.95. The van der Waals surface area contributed by atoms with Gasteiger partial charge in [-0.2, -0.15) is 0 Å². The third-order valence-corrected chi connectivity index (χ3v) is 3.68. The van der Waals surface area contributed by atoms with Crippen LogP contribution in [0.1, 0.15) is 53.9 Å². The number of carbonyl (C=O) groups excluding carboxylic acids is 1. The van der Waals surface area contributed by atoms with Gasteiger partial charge in [-0.3, -0.25) is 0 Å². The van der Waals surface area contributed by atoms with E-state index >= 15 is 0 Å². The summed E-state index contributed by atoms with van der Waals surface area (Å²) in [6.07, 6.45) is 2.91. The molecule has 1 N–H and O–H groups in total. The molecule has 0 aliphatic heterocycles. The predicted molar refractivity (Wildman–Crippen MR) is 74.1 cm³/mol. The summed E-state index contributed by atoms with van der Waals surface area (Å²) in [5.74, 6) is 0.372. The van der Waals surface area contributed by atoms with E-state index in [2.05, 4.69) is 39.9 Å². The zero-order chi connectivity index (χ0) is 13.9. The smallest absolute Gasteiger partial charge is 0.335 e. The van der Waals surface area contributed by atoms with Crippen LogP contribution in [0.15, 0.2) is 11.3 Å². The summed E-state index contributed by atoms with van der Waals surface area (Å²) >= 11 is 0. The monoisotopic (exact) mass is 253 g/mol. The van der Waals surface area contributed by atoms with E-state index in [1.807, 2.05) is 0 Å². The lowest BCUT2D eigenvalue weighted by molar-refractivity contribution is -0.136. The van der Waals surface area contributed by atoms with Crippen molar-refractivity contribution in [2.45, 2.75) is 59.9 Å². The van der Waals surface area contributed by atoms with Crippen LogP contribution < -0.4 is 5.32 Å². The first-order chi connectivity index (χ1) is 8.25. The van der Waals surface area contributed by atoms with Crippen LogP contribution in [0.2, 0.25) is 0 Å². The van der Waals surface area contributed by atoms with E-state index < -0.39 is 0 Å². The number of hydrogen-bond acceptors (Lipinski definition) is 3. The molecule has 0 aromatic carbocycles. The van der Waals surface area contributed by atoms with Gasteiger partial charge in [0.25, 0.3) is 0 Å². The molecule has 3 heteroatoms. The lowest BCUT2D eigenvalue weighted by atomic mass is 9.71. The van der Waals surface area contributed by atoms with Crippen molar-refractivity contribution in [3.8, 4) is 0 Å². The number of esters is 1. The van der Waals surface area contributed by atoms with E-state index in [1.54, 1.807) is 0 Å². The van der Waals surface area contributed by atoms with E-state index in [0.29, 0.717) is 12.0 Å². The van der Waals surface area contributed by atoms with Crippen LogP contribution in [0.5, 0.6) is 0 Å². The van der Waals surface area contributed by atoms with Crippen molar-refractivity contribution in [2.24, 2.45) is 11.3 Å². The molecular weight excluding hydrogens is 226 g/mol. The van der Waals surface area contributed by atoms with Gasteiger partial charge >= 0.3 is 5.97 Å². The SMILES string of the molecule is COC(=O)C1=C(NC(C)C)CCC(C(C)(C)C)C1. The van der Waals surface area contributed by atoms with Gasteiger partial charge in [0.15, 0.2) is 0 Å². The maximum atomic E-state index is 11.9. The molecule has 0 bridgehead atoms. The Kier molecular flexibility index (Phi) is 4.83. The van der Waals surface area contributed by atoms with Crippen LogP contribution in [0.4, 0.5) is 0 Å². The largest absolute Gasteiger partial charge is 0.466 e. The summed E-state index contributed by atoms with van der Waals surface area (Å²) in [4.78, 5) is 11.9. The third-order valence-electron chi connectivity index (χ3n) is 3.68. The molecule has 0 amide bonds. The van der Waals surface area contributed by atoms with Crippen molar-refractivity contribution < 1.29 is 9.53 Å². The van der Waals surface area contributed by atoms with Crippen LogP contribution in [-0.2, 0) is 9.53 Å². The van der Waals surface area contributed by atoms with E-state index in [4.69, 9.17) is 4.74 Å². The molecule has 3 nitrogen and oxygen atoms in total. The van der Waals surface area contributed by atoms with Gasteiger partial charge in [-0.25, -0.2) is 4.79 Å². The summed E-state index contributed by atoms with van der Waals surface area (Å²) in [7, 11) is 1.46. The molecule has 0 spiro atoms. The molecule has 104 valence electrons. The first-order valence-corrected chi connectivity index (χ1v) is 6.82. The van der Waals surface area contributed by atoms with Crippen LogP contribution in [-0.4, -0.2) is 19.1 Å². The van der Waals surface area contributed by atoms with Crippen molar-refractivity contribution in [1.82, 2.24) is 5.32 Å². The molecule has 1 atom stereocenters. The molecule has 0 radical (unpaired) electrons. The summed E-state index contributed by atoms with van der Waals surface area (Å²) in [5, 5.41) is 3.40. The first-order valence-electron chi connectivity index (χ1n) is 6.82. The van der Waals surface area contributed by atoms with Gasteiger partial charge in [-0.15, -0.1) is 0 Å². The molecular formula is C15H27NO2. The summed E-state index contributed by atoms with van der Waals surface area (Å²) < 4.78 is 4.93. The zero-order valence-electron chi connectivity index (χ0n) is 12.6. The van der Waals surface area contributed by atoms with Gasteiger partial charge in [0, 0.05) is 11.7 Å². The Bertz CT molecular complexity index is 337. The van der Waals surface area contributed by atoms with E-state index in [-0.39, 0.29) is 11.4 Å². The lowest BCUT2D eigenvalue weighted by Gasteiger charge is -2.36. The van der Waals surface area contributed by atoms with Crippen LogP contribution in [0.25, 0.3) is 0 Å². The van der Waals surface area contributed by atoms with Gasteiger partial charge in [-0.1, -0.05) is 20.8 Å². The highest BCUT2D eigenvalue weighted by atomic mass is 16.5. The first kappa shape index (κ1) is 15.1. The van der Waals surface area contributed by atoms with Gasteiger partial charge in [0.2, 0.25) is 0 Å². The van der Waals surface area contributed by atoms with Gasteiger partial charge in [-0.05, 0) is 44.4 Å². The second-order valence-electron chi connectivity index (χ2n) is 6.55. The fourth-order valence-electron chi connectivity index (χ4n) is 2.52. The fraction of sp³-hybridized carbons (Fsp3) is 0.800. The van der Waals surface area contributed by atoms with Crippen LogP contribution >= 0.6 is 0 Å². The highest BCUT2D eigenvalue weighted by Crippen LogP contribution is 2.40. The second kappa shape index (κ2) is 5.77. The van der Waals surface area contributed by atoms with Crippen molar-refractivity contribution in [2.75, 3.05) is 7.11 Å². The van der Waals surface area contributed by atoms with Crippen LogP contribution in [0.3, 0.4) is 0 Å². The van der Waals surface area contributed by atoms with Crippen molar-refractivity contribution in [3.05, 3.63) is 11.3 Å². The minimum atomic E-state index is -0.174. The molecule has 0 heterocycles. The summed E-state index contributed by atoms with van der Waals surface area (Å²) in [6, 6.07) is 0.353. The van der Waals surface area contributed by atoms with Gasteiger partial charge in [0.1, 0.15) is 0 Å². The Morgan fingerprint density at radius 2 is 2.00 bits per heavy atom. The molecule has 0 aromatic heterocycles. The Morgan fingerprint density at radius 1 is 1.39 bits per heavy atom. The highest BCUT2D eigenvalue weighted by Gasteiger charge is 2.32. The standard InChI is InChI=1S/C15H27NO2/c1-10(2)16-13-8-7-11(15(3,4)5)9-12(13)14(17)18-6/h10-11,16H,7-9H2,1-6H3. The molecule has 18 heavy (non-hydrogen) atoms. The molecule has 1 unspecified atom stereocenters. The van der Waals surface area contributed by atoms with Crippen molar-refractivity contribution in [3.63, 3.8) is 0 Å². The number of rotatable bonds is 3. The molecule has 1 aliphatic rings. The fourth-order valence-corrected chi connectivity index (χ4v) is 2.52. The second-order valence-corrected chi connectivity index (χ2v) is 6.55. The minimum absolute atomic E-state index is 0.174. The average molecular weight is 253 g/mol. The van der Waals surface area contributed by atoms with Crippen LogP contribution in [0, 0.1) is 11.3 Å². The summed E-state index contributed by atoms with van der Waals surface area (Å²) in [5.41, 5.74) is 2.16. The van der Waals surface area contributed by atoms with E-state index in [0.717, 1.165) is 30.5 Å². The maximum absolute atomic E-state index is 11.9. The molecule has 1 aliphatic carbocycles. The minimum Gasteiger partial charge on any atom is -0.466 e. The van der Waals surface area contributed by atoms with Crippen molar-refractivity contribution in [1.29, 1.82) is 0 Å². The number of methoxy groups -OCH3 is 1. The highest BCUT2D eigenvalue weighted by molar-refractivity contribution is 5.89. The topological polar surface area (TPSA) is 38.3 Å². The molecule has 0 aromatic rings. The van der Waals surface area contributed by atoms with Gasteiger partial charge in [0.05, 0.1) is 12.7 Å². The number of allylic oxidation sites excluding steroid dienone is 1. The van der Waals surface area contributed by atoms with E-state index in [9.17, 15) is 4.79 Å². The number of hydrogen-bond donors (Lipinski definition) is 1. The maximum Gasteiger partial charge on any atom is 0.335 e. The lowest BCUT2D eigenvalue weighted by Crippen LogP contribution is -2.32. The van der Waals surface area contributed by atoms with Crippen molar-refractivity contribution >= 4 is 5.97 Å². The Morgan fingerprint density at radius 3 is 2.44 bits per heavy atom. The zero-order valence-corrected chi connectivity index (χ0v) is 12.6. The molecule has 1 rings (SSSR count). The Hall–Kier alpha value is -0.990. The molecule has 0 saturated carbocycles. The number of nitrogens with one attached hydrogen (secondary N) is 1. The average Bonchev–Trinajstić information content (AvgIpc) is 2.26. The quantitative estimate of drug-likeness (QED) is 0.785.